The molecule has 0 aromatic heterocycles. The molecule has 1 aliphatic heterocycles. The summed E-state index contributed by atoms with van der Waals surface area (Å²) < 4.78 is 0. The maximum atomic E-state index is 12.5. The number of amides is 2. The van der Waals surface area contributed by atoms with Gasteiger partial charge < -0.3 is 10.4 Å². The van der Waals surface area contributed by atoms with Crippen LogP contribution in [0.3, 0.4) is 0 Å². The van der Waals surface area contributed by atoms with Crippen LogP contribution in [0.1, 0.15) is 31.7 Å². The third-order valence-corrected chi connectivity index (χ3v) is 4.80. The van der Waals surface area contributed by atoms with Gasteiger partial charge in [-0.2, -0.15) is 0 Å². The molecule has 21 heavy (non-hydrogen) atoms. The molecule has 0 radical (unpaired) electrons. The number of carbonyl (C=O) groups excluding carboxylic acids is 1. The largest absolute Gasteiger partial charge is 0.480 e. The number of carboxylic acid groups (broad SMARTS) is 1. The number of hydrogen-bond acceptors (Lipinski definition) is 2. The maximum absolute atomic E-state index is 12.5. The maximum Gasteiger partial charge on any atom is 0.327 e. The van der Waals surface area contributed by atoms with Gasteiger partial charge in [-0.1, -0.05) is 25.1 Å². The van der Waals surface area contributed by atoms with Crippen LogP contribution in [0.4, 0.5) is 10.5 Å². The normalized spacial score (nSPS) is 21.8. The Morgan fingerprint density at radius 1 is 1.38 bits per heavy atom. The van der Waals surface area contributed by atoms with Gasteiger partial charge in [-0.05, 0) is 36.3 Å². The molecule has 1 aliphatic carbocycles. The second kappa shape index (κ2) is 5.06. The monoisotopic (exact) mass is 288 g/mol. The number of benzene rings is 1. The highest BCUT2D eigenvalue weighted by Gasteiger charge is 2.43. The number of carbonyl (C=O) groups is 2. The van der Waals surface area contributed by atoms with Crippen molar-refractivity contribution in [1.82, 2.24) is 5.32 Å². The van der Waals surface area contributed by atoms with Crippen LogP contribution in [-0.4, -0.2) is 29.7 Å². The molecule has 5 heteroatoms. The zero-order chi connectivity index (χ0) is 15.0. The Kier molecular flexibility index (Phi) is 3.35. The first kappa shape index (κ1) is 13.9. The summed E-state index contributed by atoms with van der Waals surface area (Å²) in [6.07, 6.45) is 3.70. The van der Waals surface area contributed by atoms with Gasteiger partial charge in [0.25, 0.3) is 0 Å². The minimum Gasteiger partial charge on any atom is -0.480 e. The summed E-state index contributed by atoms with van der Waals surface area (Å²) in [7, 11) is 0. The van der Waals surface area contributed by atoms with E-state index in [4.69, 9.17) is 0 Å². The van der Waals surface area contributed by atoms with Crippen molar-refractivity contribution in [2.45, 2.75) is 38.6 Å². The van der Waals surface area contributed by atoms with Crippen molar-refractivity contribution in [1.29, 1.82) is 0 Å². The van der Waals surface area contributed by atoms with Gasteiger partial charge in [0.2, 0.25) is 0 Å². The average Bonchev–Trinajstić information content (AvgIpc) is 3.16. The average molecular weight is 288 g/mol. The predicted molar refractivity (Wildman–Crippen MR) is 79.4 cm³/mol. The molecule has 2 amide bonds. The second-order valence-corrected chi connectivity index (χ2v) is 6.07. The summed E-state index contributed by atoms with van der Waals surface area (Å²) in [6.45, 7) is 2.76. The number of nitrogens with zero attached hydrogens (tertiary/aromatic N) is 1. The van der Waals surface area contributed by atoms with Crippen LogP contribution in [0.2, 0.25) is 0 Å². The third-order valence-electron chi connectivity index (χ3n) is 4.80. The van der Waals surface area contributed by atoms with Crippen LogP contribution in [-0.2, 0) is 11.2 Å². The highest BCUT2D eigenvalue weighted by molar-refractivity contribution is 6.01. The SMILES string of the molecule is CCC1(CNC(=O)N2c3ccccc3C[C@H]2C(=O)O)CC1. The van der Waals surface area contributed by atoms with Gasteiger partial charge in [-0.25, -0.2) is 9.59 Å². The fraction of sp³-hybridized carbons (Fsp3) is 0.500. The Bertz CT molecular complexity index is 581. The molecule has 0 bridgehead atoms. The van der Waals surface area contributed by atoms with E-state index in [0.717, 1.165) is 24.8 Å². The Hall–Kier alpha value is -2.04. The van der Waals surface area contributed by atoms with E-state index in [1.54, 1.807) is 0 Å². The molecule has 1 atom stereocenters. The van der Waals surface area contributed by atoms with E-state index >= 15 is 0 Å². The molecule has 2 N–H and O–H groups in total. The molecule has 3 rings (SSSR count). The van der Waals surface area contributed by atoms with Gasteiger partial charge in [0.1, 0.15) is 6.04 Å². The fourth-order valence-electron chi connectivity index (χ4n) is 3.02. The number of fused-ring (bicyclic) bond motifs is 1. The number of anilines is 1. The van der Waals surface area contributed by atoms with Crippen LogP contribution in [0.25, 0.3) is 0 Å². The van der Waals surface area contributed by atoms with Crippen molar-refractivity contribution in [2.24, 2.45) is 5.41 Å². The van der Waals surface area contributed by atoms with Crippen LogP contribution >= 0.6 is 0 Å². The topological polar surface area (TPSA) is 69.6 Å². The lowest BCUT2D eigenvalue weighted by Gasteiger charge is -2.24. The number of urea groups is 1. The van der Waals surface area contributed by atoms with Crippen molar-refractivity contribution < 1.29 is 14.7 Å². The second-order valence-electron chi connectivity index (χ2n) is 6.07. The lowest BCUT2D eigenvalue weighted by Crippen LogP contribution is -2.49. The standard InChI is InChI=1S/C16H20N2O3/c1-2-16(7-8-16)10-17-15(21)18-12-6-4-3-5-11(12)9-13(18)14(19)20/h3-6,13H,2,7-10H2,1H3,(H,17,21)(H,19,20)/t13-/m0/s1. The molecule has 1 fully saturated rings. The summed E-state index contributed by atoms with van der Waals surface area (Å²) in [5.41, 5.74) is 1.87. The highest BCUT2D eigenvalue weighted by atomic mass is 16.4. The molecule has 2 aliphatic rings. The van der Waals surface area contributed by atoms with Gasteiger partial charge >= 0.3 is 12.0 Å². The fourth-order valence-corrected chi connectivity index (χ4v) is 3.02. The molecule has 1 saturated carbocycles. The van der Waals surface area contributed by atoms with Gasteiger partial charge in [0, 0.05) is 18.7 Å². The molecule has 5 nitrogen and oxygen atoms in total. The lowest BCUT2D eigenvalue weighted by molar-refractivity contribution is -0.138. The Labute approximate surface area is 123 Å². The van der Waals surface area contributed by atoms with Gasteiger partial charge in [-0.3, -0.25) is 4.90 Å². The van der Waals surface area contributed by atoms with E-state index in [0.29, 0.717) is 18.7 Å². The van der Waals surface area contributed by atoms with Crippen LogP contribution in [0.15, 0.2) is 24.3 Å². The van der Waals surface area contributed by atoms with Crippen molar-refractivity contribution in [3.05, 3.63) is 29.8 Å². The molecule has 1 heterocycles. The molecular weight excluding hydrogens is 268 g/mol. The van der Waals surface area contributed by atoms with Crippen molar-refractivity contribution in [2.75, 3.05) is 11.4 Å². The Balaban J connectivity index is 1.77. The number of rotatable bonds is 4. The highest BCUT2D eigenvalue weighted by Crippen LogP contribution is 2.48. The quantitative estimate of drug-likeness (QED) is 0.894. The lowest BCUT2D eigenvalue weighted by atomic mass is 10.0. The molecule has 0 saturated heterocycles. The summed E-state index contributed by atoms with van der Waals surface area (Å²) in [6, 6.07) is 6.29. The Morgan fingerprint density at radius 3 is 2.71 bits per heavy atom. The molecule has 0 spiro atoms. The zero-order valence-corrected chi connectivity index (χ0v) is 12.1. The Morgan fingerprint density at radius 2 is 2.10 bits per heavy atom. The zero-order valence-electron chi connectivity index (χ0n) is 12.1. The molecule has 1 aromatic rings. The first-order chi connectivity index (χ1) is 10.1. The molecule has 0 unspecified atom stereocenters. The van der Waals surface area contributed by atoms with E-state index in [1.165, 1.54) is 4.90 Å². The number of hydrogen-bond donors (Lipinski definition) is 2. The van der Waals surface area contributed by atoms with E-state index in [1.807, 2.05) is 24.3 Å². The summed E-state index contributed by atoms with van der Waals surface area (Å²) in [5, 5.41) is 12.3. The number of carboxylic acids is 1. The van der Waals surface area contributed by atoms with Crippen LogP contribution < -0.4 is 10.2 Å². The third kappa shape index (κ3) is 2.48. The predicted octanol–water partition coefficient (Wildman–Crippen LogP) is 2.40. The molecule has 112 valence electrons. The van der Waals surface area contributed by atoms with Crippen LogP contribution in [0, 0.1) is 5.41 Å². The van der Waals surface area contributed by atoms with Crippen molar-refractivity contribution in [3.8, 4) is 0 Å². The van der Waals surface area contributed by atoms with Crippen molar-refractivity contribution >= 4 is 17.7 Å². The summed E-state index contributed by atoms with van der Waals surface area (Å²) >= 11 is 0. The minimum absolute atomic E-state index is 0.244. The van der Waals surface area contributed by atoms with Crippen molar-refractivity contribution in [3.63, 3.8) is 0 Å². The molecule has 1 aromatic carbocycles. The van der Waals surface area contributed by atoms with Gasteiger partial charge in [0.15, 0.2) is 0 Å². The van der Waals surface area contributed by atoms with E-state index in [9.17, 15) is 14.7 Å². The van der Waals surface area contributed by atoms with E-state index in [-0.39, 0.29) is 11.4 Å². The van der Waals surface area contributed by atoms with Gasteiger partial charge in [0.05, 0.1) is 0 Å². The minimum atomic E-state index is -0.960. The summed E-state index contributed by atoms with van der Waals surface area (Å²) in [4.78, 5) is 25.3. The number of aliphatic carboxylic acids is 1. The number of nitrogens with one attached hydrogen (secondary N) is 1. The first-order valence-corrected chi connectivity index (χ1v) is 7.44. The van der Waals surface area contributed by atoms with Crippen LogP contribution in [0.5, 0.6) is 0 Å². The molecular formula is C16H20N2O3. The smallest absolute Gasteiger partial charge is 0.327 e. The summed E-state index contributed by atoms with van der Waals surface area (Å²) in [5.74, 6) is -0.960. The first-order valence-electron chi connectivity index (χ1n) is 7.44. The van der Waals surface area contributed by atoms with Gasteiger partial charge in [-0.15, -0.1) is 0 Å². The van der Waals surface area contributed by atoms with E-state index < -0.39 is 12.0 Å². The van der Waals surface area contributed by atoms with E-state index in [2.05, 4.69) is 12.2 Å². The number of para-hydroxylation sites is 1.